The number of hydrogen-bond donors (Lipinski definition) is 0. The summed E-state index contributed by atoms with van der Waals surface area (Å²) < 4.78 is 10.5. The summed E-state index contributed by atoms with van der Waals surface area (Å²) in [6.07, 6.45) is 1.75. The Kier molecular flexibility index (Phi) is 7.21. The molecule has 34 heavy (non-hydrogen) atoms. The first-order valence-corrected chi connectivity index (χ1v) is 11.6. The molecular weight excluding hydrogens is 470 g/mol. The first-order chi connectivity index (χ1) is 16.5. The van der Waals surface area contributed by atoms with Gasteiger partial charge in [0.2, 0.25) is 0 Å². The van der Waals surface area contributed by atoms with Crippen molar-refractivity contribution in [3.63, 3.8) is 0 Å². The van der Waals surface area contributed by atoms with E-state index in [0.29, 0.717) is 38.6 Å². The van der Waals surface area contributed by atoms with E-state index in [1.165, 1.54) is 18.9 Å². The Bertz CT molecular complexity index is 1310. The molecule has 0 radical (unpaired) electrons. The van der Waals surface area contributed by atoms with E-state index in [4.69, 9.17) is 26.3 Å². The Morgan fingerprint density at radius 3 is 2.44 bits per heavy atom. The molecule has 1 aliphatic rings. The van der Waals surface area contributed by atoms with Crippen LogP contribution in [0.4, 0.5) is 5.69 Å². The quantitative estimate of drug-likeness (QED) is 0.402. The molecule has 3 aromatic carbocycles. The number of thioether (sulfide) groups is 1. The number of ether oxygens (including phenoxy) is 2. The lowest BCUT2D eigenvalue weighted by Gasteiger charge is -2.19. The third-order valence-electron chi connectivity index (χ3n) is 5.09. The summed E-state index contributed by atoms with van der Waals surface area (Å²) in [4.78, 5) is 19.6. The van der Waals surface area contributed by atoms with Gasteiger partial charge >= 0.3 is 0 Å². The number of carbonyl (C=O) groups is 1. The van der Waals surface area contributed by atoms with Crippen LogP contribution in [0, 0.1) is 11.3 Å². The van der Waals surface area contributed by atoms with Gasteiger partial charge in [-0.3, -0.25) is 9.69 Å². The summed E-state index contributed by atoms with van der Waals surface area (Å²) in [5.41, 5.74) is 3.37. The SMILES string of the molecule is COc1ccc(C=C2N=C(SCc3ccc(C#N)cc3)N(c3ccc(Cl)c(OC)c3)C2=O)cc1. The molecule has 1 aliphatic heterocycles. The fourth-order valence-corrected chi connectivity index (χ4v) is 4.45. The average molecular weight is 490 g/mol. The smallest absolute Gasteiger partial charge is 0.283 e. The molecule has 1 amide bonds. The summed E-state index contributed by atoms with van der Waals surface area (Å²) in [5.74, 6) is 1.53. The van der Waals surface area contributed by atoms with Gasteiger partial charge in [0, 0.05) is 11.8 Å². The number of amides is 1. The fourth-order valence-electron chi connectivity index (χ4n) is 3.29. The zero-order valence-corrected chi connectivity index (χ0v) is 20.1. The average Bonchev–Trinajstić information content (AvgIpc) is 3.18. The molecule has 0 saturated heterocycles. The minimum Gasteiger partial charge on any atom is -0.497 e. The van der Waals surface area contributed by atoms with Gasteiger partial charge < -0.3 is 9.47 Å². The maximum Gasteiger partial charge on any atom is 0.283 e. The van der Waals surface area contributed by atoms with Crippen LogP contribution in [0.1, 0.15) is 16.7 Å². The van der Waals surface area contributed by atoms with E-state index in [-0.39, 0.29) is 5.91 Å². The summed E-state index contributed by atoms with van der Waals surface area (Å²) in [6.45, 7) is 0. The van der Waals surface area contributed by atoms with Crippen molar-refractivity contribution in [1.29, 1.82) is 5.26 Å². The second-order valence-corrected chi connectivity index (χ2v) is 8.60. The number of methoxy groups -OCH3 is 2. The maximum atomic E-state index is 13.4. The first kappa shape index (κ1) is 23.4. The summed E-state index contributed by atoms with van der Waals surface area (Å²) >= 11 is 7.63. The predicted octanol–water partition coefficient (Wildman–Crippen LogP) is 5.91. The largest absolute Gasteiger partial charge is 0.497 e. The lowest BCUT2D eigenvalue weighted by molar-refractivity contribution is -0.113. The van der Waals surface area contributed by atoms with Crippen molar-refractivity contribution >= 4 is 46.2 Å². The Hall–Kier alpha value is -3.73. The van der Waals surface area contributed by atoms with Gasteiger partial charge in [0.1, 0.15) is 17.2 Å². The number of rotatable bonds is 6. The number of aliphatic imine (C=N–C) groups is 1. The van der Waals surface area contributed by atoms with Crippen LogP contribution < -0.4 is 14.4 Å². The van der Waals surface area contributed by atoms with Gasteiger partial charge in [-0.1, -0.05) is 47.6 Å². The lowest BCUT2D eigenvalue weighted by atomic mass is 10.2. The molecule has 8 heteroatoms. The maximum absolute atomic E-state index is 13.4. The third-order valence-corrected chi connectivity index (χ3v) is 6.41. The molecule has 0 spiro atoms. The Morgan fingerprint density at radius 2 is 1.79 bits per heavy atom. The van der Waals surface area contributed by atoms with E-state index in [0.717, 1.165) is 16.9 Å². The number of benzene rings is 3. The lowest BCUT2D eigenvalue weighted by Crippen LogP contribution is -2.30. The molecule has 0 N–H and O–H groups in total. The molecule has 0 aliphatic carbocycles. The van der Waals surface area contributed by atoms with Gasteiger partial charge in [-0.15, -0.1) is 0 Å². The second kappa shape index (κ2) is 10.5. The highest BCUT2D eigenvalue weighted by molar-refractivity contribution is 8.13. The molecule has 0 aromatic heterocycles. The highest BCUT2D eigenvalue weighted by Gasteiger charge is 2.32. The molecule has 0 fully saturated rings. The van der Waals surface area contributed by atoms with Crippen LogP contribution in [0.5, 0.6) is 11.5 Å². The van der Waals surface area contributed by atoms with Crippen LogP contribution in [-0.4, -0.2) is 25.3 Å². The minimum atomic E-state index is -0.248. The summed E-state index contributed by atoms with van der Waals surface area (Å²) in [6, 6.07) is 22.0. The number of nitrogens with zero attached hydrogens (tertiary/aromatic N) is 3. The Morgan fingerprint density at radius 1 is 1.06 bits per heavy atom. The molecule has 0 saturated carbocycles. The summed E-state index contributed by atoms with van der Waals surface area (Å²) in [7, 11) is 3.13. The molecule has 170 valence electrons. The van der Waals surface area contributed by atoms with E-state index in [9.17, 15) is 4.79 Å². The molecule has 3 aromatic rings. The zero-order valence-electron chi connectivity index (χ0n) is 18.5. The van der Waals surface area contributed by atoms with Gasteiger partial charge in [-0.25, -0.2) is 4.99 Å². The van der Waals surface area contributed by atoms with Crippen LogP contribution in [0.15, 0.2) is 77.4 Å². The molecule has 0 unspecified atom stereocenters. The normalized spacial score (nSPS) is 14.2. The van der Waals surface area contributed by atoms with Crippen LogP contribution in [0.25, 0.3) is 6.08 Å². The van der Waals surface area contributed by atoms with Gasteiger partial charge in [0.25, 0.3) is 5.91 Å². The number of amidine groups is 1. The highest BCUT2D eigenvalue weighted by atomic mass is 35.5. The number of nitriles is 1. The van der Waals surface area contributed by atoms with Crippen molar-refractivity contribution in [3.05, 3.63) is 94.1 Å². The van der Waals surface area contributed by atoms with Crippen LogP contribution >= 0.6 is 23.4 Å². The fraction of sp³-hybridized carbons (Fsp3) is 0.115. The molecule has 6 nitrogen and oxygen atoms in total. The predicted molar refractivity (Wildman–Crippen MR) is 136 cm³/mol. The van der Waals surface area contributed by atoms with E-state index in [1.807, 2.05) is 36.4 Å². The Labute approximate surface area is 207 Å². The van der Waals surface area contributed by atoms with Crippen LogP contribution in [0.3, 0.4) is 0 Å². The van der Waals surface area contributed by atoms with E-state index < -0.39 is 0 Å². The van der Waals surface area contributed by atoms with E-state index >= 15 is 0 Å². The standard InChI is InChI=1S/C26H20ClN3O3S/c1-32-21-10-7-17(8-11-21)13-23-25(31)30(20-9-12-22(27)24(14-20)33-2)26(29-23)34-16-19-5-3-18(15-28)4-6-19/h3-14H,16H2,1-2H3. The van der Waals surface area contributed by atoms with Crippen molar-refractivity contribution in [1.82, 2.24) is 0 Å². The van der Waals surface area contributed by atoms with Gasteiger partial charge in [0.05, 0.1) is 36.6 Å². The molecule has 4 rings (SSSR count). The first-order valence-electron chi connectivity index (χ1n) is 10.3. The van der Waals surface area contributed by atoms with Crippen LogP contribution in [-0.2, 0) is 10.5 Å². The van der Waals surface area contributed by atoms with Crippen molar-refractivity contribution < 1.29 is 14.3 Å². The van der Waals surface area contributed by atoms with Crippen LogP contribution in [0.2, 0.25) is 5.02 Å². The highest BCUT2D eigenvalue weighted by Crippen LogP contribution is 2.35. The zero-order chi connectivity index (χ0) is 24.1. The minimum absolute atomic E-state index is 0.248. The number of halogens is 1. The summed E-state index contributed by atoms with van der Waals surface area (Å²) in [5, 5.41) is 10.0. The van der Waals surface area contributed by atoms with Crippen molar-refractivity contribution in [2.24, 2.45) is 4.99 Å². The molecule has 1 heterocycles. The van der Waals surface area contributed by atoms with Gasteiger partial charge in [0.15, 0.2) is 5.17 Å². The monoisotopic (exact) mass is 489 g/mol. The Balaban J connectivity index is 1.67. The molecule has 0 atom stereocenters. The van der Waals surface area contributed by atoms with Crippen molar-refractivity contribution in [2.45, 2.75) is 5.75 Å². The topological polar surface area (TPSA) is 74.9 Å². The third kappa shape index (κ3) is 5.09. The van der Waals surface area contributed by atoms with Crippen molar-refractivity contribution in [3.8, 4) is 17.6 Å². The van der Waals surface area contributed by atoms with E-state index in [1.54, 1.807) is 48.4 Å². The second-order valence-electron chi connectivity index (χ2n) is 7.25. The number of carbonyl (C=O) groups excluding carboxylic acids is 1. The van der Waals surface area contributed by atoms with Crippen molar-refractivity contribution in [2.75, 3.05) is 19.1 Å². The van der Waals surface area contributed by atoms with Gasteiger partial charge in [-0.05, 0) is 53.6 Å². The van der Waals surface area contributed by atoms with Gasteiger partial charge in [-0.2, -0.15) is 5.26 Å². The molecule has 0 bridgehead atoms. The molecular formula is C26H20ClN3O3S. The number of anilines is 1. The van der Waals surface area contributed by atoms with E-state index in [2.05, 4.69) is 11.1 Å². The number of hydrogen-bond acceptors (Lipinski definition) is 6.